The number of hydrogen-bond donors (Lipinski definition) is 2. The molecule has 0 aliphatic rings. The summed E-state index contributed by atoms with van der Waals surface area (Å²) in [5, 5.41) is 13.5. The topological polar surface area (TPSA) is 110 Å². The summed E-state index contributed by atoms with van der Waals surface area (Å²) in [6.45, 7) is 13.3. The Morgan fingerprint density at radius 3 is 2.29 bits per heavy atom. The van der Waals surface area contributed by atoms with Crippen LogP contribution in [-0.2, 0) is 21.4 Å². The zero-order valence-corrected chi connectivity index (χ0v) is 19.0. The minimum absolute atomic E-state index is 0.139. The third-order valence-electron chi connectivity index (χ3n) is 5.74. The minimum atomic E-state index is -1.11. The van der Waals surface area contributed by atoms with Crippen LogP contribution in [0.25, 0.3) is 21.9 Å². The molecule has 2 heterocycles. The lowest BCUT2D eigenvalue weighted by molar-refractivity contribution is -0.143. The Hall–Kier alpha value is -3.09. The van der Waals surface area contributed by atoms with Crippen LogP contribution >= 0.6 is 0 Å². The Labute approximate surface area is 180 Å². The van der Waals surface area contributed by atoms with E-state index in [0.717, 1.165) is 21.9 Å². The molecule has 3 rings (SSSR count). The maximum Gasteiger partial charge on any atom is 0.340 e. The largest absolute Gasteiger partial charge is 0.480 e. The molecule has 31 heavy (non-hydrogen) atoms. The number of aryl methyl sites for hydroxylation is 2. The number of benzene rings is 1. The fraction of sp³-hybridized carbons (Fsp3) is 0.458. The van der Waals surface area contributed by atoms with Crippen molar-refractivity contribution in [3.05, 3.63) is 45.0 Å². The molecule has 0 saturated carbocycles. The van der Waals surface area contributed by atoms with Crippen LogP contribution in [0.3, 0.4) is 0 Å². The molecule has 166 valence electrons. The van der Waals surface area contributed by atoms with E-state index in [1.807, 2.05) is 13.0 Å². The Morgan fingerprint density at radius 1 is 1.10 bits per heavy atom. The van der Waals surface area contributed by atoms with Crippen molar-refractivity contribution in [2.45, 2.75) is 66.3 Å². The van der Waals surface area contributed by atoms with E-state index in [9.17, 15) is 19.5 Å². The molecule has 0 radical (unpaired) electrons. The predicted octanol–water partition coefficient (Wildman–Crippen LogP) is 4.22. The fourth-order valence-electron chi connectivity index (χ4n) is 3.88. The van der Waals surface area contributed by atoms with E-state index in [2.05, 4.69) is 26.1 Å². The lowest BCUT2D eigenvalue weighted by atomic mass is 9.86. The highest BCUT2D eigenvalue weighted by atomic mass is 16.4. The molecular weight excluding hydrogens is 398 g/mol. The van der Waals surface area contributed by atoms with Crippen molar-refractivity contribution in [1.82, 2.24) is 5.32 Å². The Balaban J connectivity index is 2.12. The van der Waals surface area contributed by atoms with Gasteiger partial charge in [-0.05, 0) is 36.8 Å². The normalized spacial score (nSPS) is 13.2. The van der Waals surface area contributed by atoms with Crippen molar-refractivity contribution in [3.63, 3.8) is 0 Å². The average Bonchev–Trinajstić information content (AvgIpc) is 3.08. The van der Waals surface area contributed by atoms with Crippen LogP contribution in [0.4, 0.5) is 0 Å². The van der Waals surface area contributed by atoms with Gasteiger partial charge in [-0.25, -0.2) is 9.59 Å². The van der Waals surface area contributed by atoms with Gasteiger partial charge in [-0.2, -0.15) is 0 Å². The van der Waals surface area contributed by atoms with Crippen LogP contribution in [0.1, 0.15) is 56.9 Å². The number of rotatable bonds is 5. The van der Waals surface area contributed by atoms with Gasteiger partial charge in [0.25, 0.3) is 0 Å². The first kappa shape index (κ1) is 22.6. The fourth-order valence-corrected chi connectivity index (χ4v) is 3.88. The molecule has 1 aromatic carbocycles. The highest BCUT2D eigenvalue weighted by Crippen LogP contribution is 2.37. The number of carbonyl (C=O) groups excluding carboxylic acids is 1. The first-order valence-electron chi connectivity index (χ1n) is 10.3. The van der Waals surface area contributed by atoms with E-state index in [0.29, 0.717) is 16.7 Å². The molecule has 0 unspecified atom stereocenters. The summed E-state index contributed by atoms with van der Waals surface area (Å²) < 4.78 is 11.4. The van der Waals surface area contributed by atoms with Gasteiger partial charge in [0.2, 0.25) is 5.91 Å². The number of fused-ring (bicyclic) bond motifs is 2. The summed E-state index contributed by atoms with van der Waals surface area (Å²) in [4.78, 5) is 36.6. The average molecular weight is 427 g/mol. The van der Waals surface area contributed by atoms with E-state index in [1.165, 1.54) is 0 Å². The summed E-state index contributed by atoms with van der Waals surface area (Å²) in [5.74, 6) is -1.94. The van der Waals surface area contributed by atoms with Crippen LogP contribution in [-0.4, -0.2) is 23.0 Å². The Morgan fingerprint density at radius 2 is 1.74 bits per heavy atom. The third-order valence-corrected chi connectivity index (χ3v) is 5.74. The zero-order valence-electron chi connectivity index (χ0n) is 19.0. The smallest absolute Gasteiger partial charge is 0.340 e. The molecule has 0 aliphatic heterocycles. The molecule has 3 aromatic rings. The number of carbonyl (C=O) groups is 2. The molecule has 1 amide bonds. The quantitative estimate of drug-likeness (QED) is 0.590. The van der Waals surface area contributed by atoms with Gasteiger partial charge in [0.15, 0.2) is 0 Å². The number of carboxylic acids is 1. The second kappa shape index (κ2) is 7.87. The van der Waals surface area contributed by atoms with E-state index in [4.69, 9.17) is 8.83 Å². The van der Waals surface area contributed by atoms with Gasteiger partial charge in [0.1, 0.15) is 17.2 Å². The minimum Gasteiger partial charge on any atom is -0.480 e. The first-order valence-corrected chi connectivity index (χ1v) is 10.3. The molecule has 0 fully saturated rings. The van der Waals surface area contributed by atoms with Crippen molar-refractivity contribution in [3.8, 4) is 0 Å². The molecule has 0 spiro atoms. The molecule has 2 N–H and O–H groups in total. The van der Waals surface area contributed by atoms with Gasteiger partial charge < -0.3 is 19.3 Å². The monoisotopic (exact) mass is 427 g/mol. The molecule has 1 atom stereocenters. The number of amides is 1. The van der Waals surface area contributed by atoms with Gasteiger partial charge in [0, 0.05) is 21.9 Å². The summed E-state index contributed by atoms with van der Waals surface area (Å²) >= 11 is 0. The van der Waals surface area contributed by atoms with Crippen molar-refractivity contribution in [2.75, 3.05) is 0 Å². The molecule has 7 heteroatoms. The van der Waals surface area contributed by atoms with E-state index in [1.54, 1.807) is 27.0 Å². The molecule has 7 nitrogen and oxygen atoms in total. The van der Waals surface area contributed by atoms with Crippen molar-refractivity contribution < 1.29 is 23.5 Å². The molecule has 0 aliphatic carbocycles. The Kier molecular flexibility index (Phi) is 5.74. The maximum absolute atomic E-state index is 12.7. The van der Waals surface area contributed by atoms with E-state index < -0.39 is 23.5 Å². The lowest BCUT2D eigenvalue weighted by Crippen LogP contribution is -2.45. The lowest BCUT2D eigenvalue weighted by Gasteiger charge is -2.18. The van der Waals surface area contributed by atoms with Crippen LogP contribution in [0.15, 0.2) is 26.0 Å². The Bertz CT molecular complexity index is 1240. The van der Waals surface area contributed by atoms with Gasteiger partial charge in [-0.1, -0.05) is 34.6 Å². The summed E-state index contributed by atoms with van der Waals surface area (Å²) in [6.07, 6.45) is 1.48. The van der Waals surface area contributed by atoms with Crippen molar-refractivity contribution in [1.29, 1.82) is 0 Å². The second-order valence-corrected chi connectivity index (χ2v) is 9.45. The molecule has 2 aromatic heterocycles. The van der Waals surface area contributed by atoms with Crippen LogP contribution in [0.5, 0.6) is 0 Å². The van der Waals surface area contributed by atoms with Gasteiger partial charge >= 0.3 is 11.6 Å². The number of hydrogen-bond acceptors (Lipinski definition) is 5. The van der Waals surface area contributed by atoms with E-state index in [-0.39, 0.29) is 23.3 Å². The van der Waals surface area contributed by atoms with Gasteiger partial charge in [0.05, 0.1) is 18.2 Å². The first-order chi connectivity index (χ1) is 14.3. The van der Waals surface area contributed by atoms with Gasteiger partial charge in [-0.3, -0.25) is 4.79 Å². The number of carboxylic acid groups (broad SMARTS) is 1. The second-order valence-electron chi connectivity index (χ2n) is 9.45. The standard InChI is InChI=1S/C24H29NO6/c1-11(2)19(22(27)28)25-18(26)9-15-12(3)14-8-16-17(24(5,6)7)10-30-20(16)13(4)21(14)31-23(15)29/h8,10-11,19H,9H2,1-7H3,(H,25,26)(H,27,28)/t19-/m0/s1. The summed E-state index contributed by atoms with van der Waals surface area (Å²) in [6, 6.07) is 0.915. The number of nitrogens with one attached hydrogen (secondary N) is 1. The van der Waals surface area contributed by atoms with Crippen LogP contribution in [0, 0.1) is 19.8 Å². The van der Waals surface area contributed by atoms with E-state index >= 15 is 0 Å². The van der Waals surface area contributed by atoms with Gasteiger partial charge in [-0.15, -0.1) is 0 Å². The SMILES string of the molecule is Cc1c(CC(=O)N[C@H](C(=O)O)C(C)C)c(=O)oc2c(C)c3occ(C(C)(C)C)c3cc12. The van der Waals surface area contributed by atoms with Crippen LogP contribution in [0.2, 0.25) is 0 Å². The molecule has 0 saturated heterocycles. The summed E-state index contributed by atoms with van der Waals surface area (Å²) in [5.41, 5.74) is 2.98. The number of furan rings is 1. The predicted molar refractivity (Wildman–Crippen MR) is 119 cm³/mol. The maximum atomic E-state index is 12.7. The molecular formula is C24H29NO6. The zero-order chi connectivity index (χ0) is 23.2. The number of aliphatic carboxylic acids is 1. The highest BCUT2D eigenvalue weighted by molar-refractivity contribution is 6.00. The summed E-state index contributed by atoms with van der Waals surface area (Å²) in [7, 11) is 0. The third kappa shape index (κ3) is 4.09. The highest BCUT2D eigenvalue weighted by Gasteiger charge is 2.26. The van der Waals surface area contributed by atoms with Crippen LogP contribution < -0.4 is 10.9 Å². The van der Waals surface area contributed by atoms with Crippen molar-refractivity contribution >= 4 is 33.8 Å². The van der Waals surface area contributed by atoms with Crippen molar-refractivity contribution in [2.24, 2.45) is 5.92 Å². The molecule has 0 bridgehead atoms.